The highest BCUT2D eigenvalue weighted by atomic mass is 19.4. The first-order valence-corrected chi connectivity index (χ1v) is 4.58. The van der Waals surface area contributed by atoms with Crippen molar-refractivity contribution in [1.29, 1.82) is 0 Å². The summed E-state index contributed by atoms with van der Waals surface area (Å²) in [7, 11) is 0. The second kappa shape index (κ2) is 4.04. The van der Waals surface area contributed by atoms with Crippen LogP contribution < -0.4 is 0 Å². The number of carbonyl (C=O) groups is 1. The van der Waals surface area contributed by atoms with Crippen LogP contribution in [0, 0.1) is 0 Å². The van der Waals surface area contributed by atoms with Crippen LogP contribution in [-0.4, -0.2) is 10.8 Å². The second-order valence-corrected chi connectivity index (χ2v) is 3.26. The number of nitrogens with zero attached hydrogens (tertiary/aromatic N) is 1. The summed E-state index contributed by atoms with van der Waals surface area (Å²) in [5.74, 6) is -0.765. The van der Waals surface area contributed by atoms with Gasteiger partial charge in [0.1, 0.15) is 6.26 Å². The molecule has 0 saturated carbocycles. The van der Waals surface area contributed by atoms with Gasteiger partial charge < -0.3 is 4.42 Å². The van der Waals surface area contributed by atoms with Crippen LogP contribution in [0.2, 0.25) is 0 Å². The van der Waals surface area contributed by atoms with Gasteiger partial charge in [-0.05, 0) is 12.1 Å². The molecular formula is C11H6F3NO2. The topological polar surface area (TPSA) is 43.1 Å². The number of pyridine rings is 1. The van der Waals surface area contributed by atoms with E-state index in [1.54, 1.807) is 0 Å². The molecule has 0 N–H and O–H groups in total. The van der Waals surface area contributed by atoms with Crippen molar-refractivity contribution < 1.29 is 22.4 Å². The highest BCUT2D eigenvalue weighted by Gasteiger charge is 2.35. The maximum atomic E-state index is 12.6. The summed E-state index contributed by atoms with van der Waals surface area (Å²) in [5.41, 5.74) is -1.43. The van der Waals surface area contributed by atoms with Crippen LogP contribution in [0.5, 0.6) is 0 Å². The molecule has 0 aliphatic carbocycles. The van der Waals surface area contributed by atoms with Crippen molar-refractivity contribution in [3.63, 3.8) is 0 Å². The van der Waals surface area contributed by atoms with Crippen molar-refractivity contribution in [2.75, 3.05) is 0 Å². The van der Waals surface area contributed by atoms with Crippen LogP contribution in [-0.2, 0) is 6.18 Å². The van der Waals surface area contributed by atoms with Crippen molar-refractivity contribution in [3.05, 3.63) is 53.7 Å². The minimum absolute atomic E-state index is 0.0588. The maximum absolute atomic E-state index is 12.6. The number of hydrogen-bond acceptors (Lipinski definition) is 3. The monoisotopic (exact) mass is 241 g/mol. The molecule has 0 aliphatic rings. The number of alkyl halides is 3. The Hall–Kier alpha value is -2.11. The molecule has 0 atom stereocenters. The standard InChI is InChI=1S/C11H6F3NO2/c12-11(13,14)9-1-3-15-5-8(9)10(16)7-2-4-17-6-7/h1-6H. The molecule has 0 fully saturated rings. The third-order valence-electron chi connectivity index (χ3n) is 2.15. The lowest BCUT2D eigenvalue weighted by molar-refractivity contribution is -0.137. The largest absolute Gasteiger partial charge is 0.472 e. The molecule has 0 amide bonds. The van der Waals surface area contributed by atoms with E-state index in [2.05, 4.69) is 9.40 Å². The van der Waals surface area contributed by atoms with Gasteiger partial charge in [0.15, 0.2) is 5.78 Å². The van der Waals surface area contributed by atoms with Gasteiger partial charge in [0.2, 0.25) is 0 Å². The Morgan fingerprint density at radius 3 is 2.65 bits per heavy atom. The van der Waals surface area contributed by atoms with Crippen molar-refractivity contribution >= 4 is 5.78 Å². The van der Waals surface area contributed by atoms with E-state index < -0.39 is 23.1 Å². The minimum Gasteiger partial charge on any atom is -0.472 e. The molecule has 0 unspecified atom stereocenters. The van der Waals surface area contributed by atoms with Crippen LogP contribution in [0.25, 0.3) is 0 Å². The Labute approximate surface area is 93.9 Å². The Bertz CT molecular complexity index is 532. The van der Waals surface area contributed by atoms with E-state index in [0.717, 1.165) is 24.7 Å². The molecule has 0 bridgehead atoms. The van der Waals surface area contributed by atoms with E-state index >= 15 is 0 Å². The van der Waals surface area contributed by atoms with Gasteiger partial charge in [-0.15, -0.1) is 0 Å². The van der Waals surface area contributed by atoms with Gasteiger partial charge in [-0.2, -0.15) is 13.2 Å². The Morgan fingerprint density at radius 2 is 2.06 bits per heavy atom. The van der Waals surface area contributed by atoms with E-state index in [1.165, 1.54) is 12.3 Å². The smallest absolute Gasteiger partial charge is 0.417 e. The molecule has 0 aliphatic heterocycles. The quantitative estimate of drug-likeness (QED) is 0.759. The van der Waals surface area contributed by atoms with Gasteiger partial charge in [-0.25, -0.2) is 0 Å². The molecule has 0 saturated heterocycles. The van der Waals surface area contributed by atoms with E-state index in [0.29, 0.717) is 0 Å². The number of ketones is 1. The fourth-order valence-electron chi connectivity index (χ4n) is 1.37. The van der Waals surface area contributed by atoms with E-state index in [4.69, 9.17) is 0 Å². The molecule has 0 radical (unpaired) electrons. The Balaban J connectivity index is 2.50. The molecular weight excluding hydrogens is 235 g/mol. The highest BCUT2D eigenvalue weighted by Crippen LogP contribution is 2.32. The number of halogens is 3. The zero-order valence-electron chi connectivity index (χ0n) is 8.36. The summed E-state index contributed by atoms with van der Waals surface area (Å²) >= 11 is 0. The van der Waals surface area contributed by atoms with Crippen LogP contribution in [0.4, 0.5) is 13.2 Å². The van der Waals surface area contributed by atoms with Crippen molar-refractivity contribution in [3.8, 4) is 0 Å². The van der Waals surface area contributed by atoms with Crippen LogP contribution in [0.3, 0.4) is 0 Å². The molecule has 2 rings (SSSR count). The molecule has 0 aromatic carbocycles. The first-order chi connectivity index (χ1) is 8.00. The van der Waals surface area contributed by atoms with Gasteiger partial charge in [0.25, 0.3) is 0 Å². The summed E-state index contributed by atoms with van der Waals surface area (Å²) in [5, 5.41) is 0. The van der Waals surface area contributed by atoms with Crippen LogP contribution in [0.1, 0.15) is 21.5 Å². The fraction of sp³-hybridized carbons (Fsp3) is 0.0909. The number of furan rings is 1. The number of aromatic nitrogens is 1. The van der Waals surface area contributed by atoms with Gasteiger partial charge in [0, 0.05) is 12.4 Å². The minimum atomic E-state index is -4.59. The second-order valence-electron chi connectivity index (χ2n) is 3.26. The Morgan fingerprint density at radius 1 is 1.29 bits per heavy atom. The molecule has 88 valence electrons. The number of rotatable bonds is 2. The third-order valence-corrected chi connectivity index (χ3v) is 2.15. The van der Waals surface area contributed by atoms with E-state index in [1.807, 2.05) is 0 Å². The average molecular weight is 241 g/mol. The first kappa shape index (κ1) is 11.4. The summed E-state index contributed by atoms with van der Waals surface area (Å²) in [4.78, 5) is 15.3. The van der Waals surface area contributed by atoms with Crippen LogP contribution in [0.15, 0.2) is 41.5 Å². The van der Waals surface area contributed by atoms with Gasteiger partial charge in [0.05, 0.1) is 23.0 Å². The molecule has 2 heterocycles. The molecule has 3 nitrogen and oxygen atoms in total. The van der Waals surface area contributed by atoms with Gasteiger partial charge in [-0.1, -0.05) is 0 Å². The zero-order valence-corrected chi connectivity index (χ0v) is 8.36. The molecule has 6 heteroatoms. The predicted octanol–water partition coefficient (Wildman–Crippen LogP) is 2.92. The van der Waals surface area contributed by atoms with Crippen LogP contribution >= 0.6 is 0 Å². The number of hydrogen-bond donors (Lipinski definition) is 0. The van der Waals surface area contributed by atoms with Gasteiger partial charge in [-0.3, -0.25) is 9.78 Å². The molecule has 17 heavy (non-hydrogen) atoms. The number of carbonyl (C=O) groups excluding carboxylic acids is 1. The average Bonchev–Trinajstić information content (AvgIpc) is 2.80. The maximum Gasteiger partial charge on any atom is 0.417 e. The summed E-state index contributed by atoms with van der Waals surface area (Å²) in [6, 6.07) is 2.07. The summed E-state index contributed by atoms with van der Waals surface area (Å²) < 4.78 is 42.6. The highest BCUT2D eigenvalue weighted by molar-refractivity contribution is 6.09. The van der Waals surface area contributed by atoms with E-state index in [9.17, 15) is 18.0 Å². The zero-order chi connectivity index (χ0) is 12.5. The molecule has 0 spiro atoms. The Kier molecular flexibility index (Phi) is 2.71. The lowest BCUT2D eigenvalue weighted by atomic mass is 10.0. The molecule has 2 aromatic heterocycles. The predicted molar refractivity (Wildman–Crippen MR) is 51.4 cm³/mol. The van der Waals surface area contributed by atoms with Crippen molar-refractivity contribution in [2.45, 2.75) is 6.18 Å². The lowest BCUT2D eigenvalue weighted by Crippen LogP contribution is -2.13. The molecule has 2 aromatic rings. The summed E-state index contributed by atoms with van der Waals surface area (Å²) in [6.07, 6.45) is -0.378. The summed E-state index contributed by atoms with van der Waals surface area (Å²) in [6.45, 7) is 0. The third kappa shape index (κ3) is 2.20. The lowest BCUT2D eigenvalue weighted by Gasteiger charge is -2.10. The van der Waals surface area contributed by atoms with E-state index in [-0.39, 0.29) is 5.56 Å². The fourth-order valence-corrected chi connectivity index (χ4v) is 1.37. The first-order valence-electron chi connectivity index (χ1n) is 4.58. The van der Waals surface area contributed by atoms with Gasteiger partial charge >= 0.3 is 6.18 Å². The SMILES string of the molecule is O=C(c1ccoc1)c1cnccc1C(F)(F)F. The normalized spacial score (nSPS) is 11.5. The van der Waals surface area contributed by atoms with Crippen molar-refractivity contribution in [2.24, 2.45) is 0 Å². The van der Waals surface area contributed by atoms with Crippen molar-refractivity contribution in [1.82, 2.24) is 4.98 Å².